The number of piperidine rings is 1. The maximum atomic E-state index is 13.3. The molecule has 3 heterocycles. The van der Waals surface area contributed by atoms with Crippen molar-refractivity contribution in [1.29, 1.82) is 0 Å². The van der Waals surface area contributed by atoms with Gasteiger partial charge in [0.05, 0.1) is 29.4 Å². The predicted octanol–water partition coefficient (Wildman–Crippen LogP) is 4.46. The Morgan fingerprint density at radius 2 is 2.13 bits per heavy atom. The van der Waals surface area contributed by atoms with Gasteiger partial charge in [-0.2, -0.15) is 0 Å². The molecular weight excluding hydrogens is 414 g/mol. The fraction of sp³-hybridized carbons (Fsp3) is 0.391. The van der Waals surface area contributed by atoms with Crippen LogP contribution in [0.2, 0.25) is 5.02 Å². The summed E-state index contributed by atoms with van der Waals surface area (Å²) in [7, 11) is 3.81. The molecule has 3 aromatic rings. The van der Waals surface area contributed by atoms with E-state index < -0.39 is 0 Å². The predicted molar refractivity (Wildman–Crippen MR) is 120 cm³/mol. The van der Waals surface area contributed by atoms with E-state index in [1.165, 1.54) is 0 Å². The molecule has 31 heavy (non-hydrogen) atoms. The second-order valence-corrected chi connectivity index (χ2v) is 8.54. The number of anilines is 1. The average Bonchev–Trinajstić information content (AvgIpc) is 3.19. The smallest absolute Gasteiger partial charge is 0.227 e. The number of nitrogens with zero attached hydrogens (tertiary/aromatic N) is 5. The number of rotatable bonds is 5. The molecular formula is C23H26ClN5O2. The van der Waals surface area contributed by atoms with Crippen LogP contribution in [0.25, 0.3) is 11.3 Å². The molecule has 1 aliphatic rings. The molecule has 1 saturated heterocycles. The van der Waals surface area contributed by atoms with E-state index >= 15 is 0 Å². The number of benzene rings is 1. The van der Waals surface area contributed by atoms with Crippen LogP contribution < -0.4 is 4.90 Å². The van der Waals surface area contributed by atoms with Crippen molar-refractivity contribution in [2.24, 2.45) is 0 Å². The number of hydrogen-bond acceptors (Lipinski definition) is 6. The quantitative estimate of drug-likeness (QED) is 0.584. The Hall–Kier alpha value is -2.93. The van der Waals surface area contributed by atoms with Gasteiger partial charge in [0.1, 0.15) is 0 Å². The van der Waals surface area contributed by atoms with Crippen LogP contribution in [-0.2, 0) is 11.2 Å². The third-order valence-corrected chi connectivity index (χ3v) is 5.72. The molecule has 0 spiro atoms. The summed E-state index contributed by atoms with van der Waals surface area (Å²) in [5, 5.41) is 4.66. The minimum Gasteiger partial charge on any atom is -0.356 e. The normalized spacial score (nSPS) is 16.4. The highest BCUT2D eigenvalue weighted by molar-refractivity contribution is 6.30. The Kier molecular flexibility index (Phi) is 6.23. The van der Waals surface area contributed by atoms with Crippen LogP contribution in [0.15, 0.2) is 41.1 Å². The van der Waals surface area contributed by atoms with E-state index in [0.29, 0.717) is 29.7 Å². The molecule has 7 nitrogen and oxygen atoms in total. The molecule has 4 rings (SSSR count). The van der Waals surface area contributed by atoms with Gasteiger partial charge in [0.2, 0.25) is 11.9 Å². The van der Waals surface area contributed by atoms with Gasteiger partial charge in [0.15, 0.2) is 5.76 Å². The number of carbonyl (C=O) groups is 1. The van der Waals surface area contributed by atoms with Gasteiger partial charge in [-0.25, -0.2) is 9.97 Å². The first kappa shape index (κ1) is 21.3. The molecule has 2 aromatic heterocycles. The van der Waals surface area contributed by atoms with Gasteiger partial charge in [-0.05, 0) is 43.9 Å². The molecule has 0 saturated carbocycles. The van der Waals surface area contributed by atoms with Gasteiger partial charge in [-0.15, -0.1) is 0 Å². The summed E-state index contributed by atoms with van der Waals surface area (Å²) in [6.07, 6.45) is 4.92. The van der Waals surface area contributed by atoms with E-state index in [1.54, 1.807) is 6.20 Å². The summed E-state index contributed by atoms with van der Waals surface area (Å²) in [6, 6.07) is 9.18. The summed E-state index contributed by atoms with van der Waals surface area (Å²) in [6.45, 7) is 2.57. The maximum absolute atomic E-state index is 13.3. The number of hydrogen-bond donors (Lipinski definition) is 0. The van der Waals surface area contributed by atoms with E-state index in [0.717, 1.165) is 41.8 Å². The topological polar surface area (TPSA) is 75.4 Å². The van der Waals surface area contributed by atoms with E-state index in [2.05, 4.69) is 10.1 Å². The summed E-state index contributed by atoms with van der Waals surface area (Å²) >= 11 is 6.11. The third-order valence-electron chi connectivity index (χ3n) is 5.48. The van der Waals surface area contributed by atoms with Crippen molar-refractivity contribution in [3.05, 3.63) is 58.5 Å². The Morgan fingerprint density at radius 1 is 1.29 bits per heavy atom. The van der Waals surface area contributed by atoms with Crippen LogP contribution >= 0.6 is 11.6 Å². The van der Waals surface area contributed by atoms with Gasteiger partial charge in [0.25, 0.3) is 0 Å². The van der Waals surface area contributed by atoms with Crippen molar-refractivity contribution >= 4 is 23.5 Å². The Balaban J connectivity index is 1.71. The summed E-state index contributed by atoms with van der Waals surface area (Å²) < 4.78 is 5.53. The summed E-state index contributed by atoms with van der Waals surface area (Å²) in [5.41, 5.74) is 3.27. The van der Waals surface area contributed by atoms with Gasteiger partial charge >= 0.3 is 0 Å². The van der Waals surface area contributed by atoms with Crippen LogP contribution in [0.1, 0.15) is 42.3 Å². The molecule has 162 valence electrons. The van der Waals surface area contributed by atoms with Crippen molar-refractivity contribution < 1.29 is 9.32 Å². The van der Waals surface area contributed by atoms with Gasteiger partial charge in [0, 0.05) is 37.9 Å². The molecule has 0 radical (unpaired) electrons. The van der Waals surface area contributed by atoms with Crippen molar-refractivity contribution in [1.82, 2.24) is 20.0 Å². The number of aryl methyl sites for hydroxylation is 1. The highest BCUT2D eigenvalue weighted by Crippen LogP contribution is 2.37. The lowest BCUT2D eigenvalue weighted by atomic mass is 9.95. The van der Waals surface area contributed by atoms with E-state index in [-0.39, 0.29) is 11.9 Å². The van der Waals surface area contributed by atoms with E-state index in [1.807, 2.05) is 61.2 Å². The Morgan fingerprint density at radius 3 is 2.84 bits per heavy atom. The number of amides is 1. The van der Waals surface area contributed by atoms with E-state index in [9.17, 15) is 4.79 Å². The lowest BCUT2D eigenvalue weighted by Gasteiger charge is -2.36. The maximum Gasteiger partial charge on any atom is 0.227 e. The van der Waals surface area contributed by atoms with Crippen molar-refractivity contribution in [2.45, 2.75) is 38.6 Å². The average molecular weight is 440 g/mol. The lowest BCUT2D eigenvalue weighted by molar-refractivity contribution is -0.134. The van der Waals surface area contributed by atoms with Gasteiger partial charge in [-0.1, -0.05) is 28.9 Å². The Labute approximate surface area is 187 Å². The van der Waals surface area contributed by atoms with Crippen LogP contribution in [0.5, 0.6) is 0 Å². The fourth-order valence-corrected chi connectivity index (χ4v) is 4.19. The monoisotopic (exact) mass is 439 g/mol. The Bertz CT molecular complexity index is 1080. The van der Waals surface area contributed by atoms with E-state index in [4.69, 9.17) is 21.1 Å². The first-order chi connectivity index (χ1) is 14.9. The second-order valence-electron chi connectivity index (χ2n) is 8.10. The first-order valence-electron chi connectivity index (χ1n) is 10.4. The highest BCUT2D eigenvalue weighted by Gasteiger charge is 2.32. The minimum absolute atomic E-state index is 0.0664. The van der Waals surface area contributed by atoms with Crippen molar-refractivity contribution in [2.75, 3.05) is 25.5 Å². The molecule has 1 aromatic carbocycles. The first-order valence-corrected chi connectivity index (χ1v) is 10.8. The zero-order chi connectivity index (χ0) is 22.0. The number of carbonyl (C=O) groups excluding carboxylic acids is 1. The number of halogens is 1. The molecule has 0 aliphatic carbocycles. The largest absolute Gasteiger partial charge is 0.356 e. The zero-order valence-electron chi connectivity index (χ0n) is 18.0. The van der Waals surface area contributed by atoms with Gasteiger partial charge < -0.3 is 14.3 Å². The van der Waals surface area contributed by atoms with Gasteiger partial charge in [-0.3, -0.25) is 4.79 Å². The molecule has 1 atom stereocenters. The molecule has 0 N–H and O–H groups in total. The third kappa shape index (κ3) is 4.71. The minimum atomic E-state index is -0.150. The summed E-state index contributed by atoms with van der Waals surface area (Å²) in [5.74, 6) is 1.28. The second kappa shape index (κ2) is 9.06. The van der Waals surface area contributed by atoms with Crippen LogP contribution in [-0.4, -0.2) is 46.6 Å². The number of likely N-dealkylation sites (tertiary alicyclic amines) is 1. The fourth-order valence-electron chi connectivity index (χ4n) is 3.97. The van der Waals surface area contributed by atoms with Crippen LogP contribution in [0.4, 0.5) is 5.95 Å². The van der Waals surface area contributed by atoms with Crippen LogP contribution in [0, 0.1) is 6.92 Å². The van der Waals surface area contributed by atoms with Crippen molar-refractivity contribution in [3.8, 4) is 11.3 Å². The molecule has 1 aliphatic heterocycles. The molecule has 8 heteroatoms. The highest BCUT2D eigenvalue weighted by atomic mass is 35.5. The molecule has 1 amide bonds. The lowest BCUT2D eigenvalue weighted by Crippen LogP contribution is -2.40. The summed E-state index contributed by atoms with van der Waals surface area (Å²) in [4.78, 5) is 26.5. The molecule has 0 bridgehead atoms. The SMILES string of the molecule is Cc1cc(-c2cnc(N(C)C)nc2[C@@H]2CCCCN2C(=O)Cc2cccc(Cl)c2)on1. The van der Waals surface area contributed by atoms with Crippen LogP contribution in [0.3, 0.4) is 0 Å². The van der Waals surface area contributed by atoms with Crippen molar-refractivity contribution in [3.63, 3.8) is 0 Å². The number of aromatic nitrogens is 3. The molecule has 1 fully saturated rings. The standard InChI is InChI=1S/C23H26ClN5O2/c1-15-11-20(31-27-15)18-14-25-23(28(2)3)26-22(18)19-9-4-5-10-29(19)21(30)13-16-7-6-8-17(24)12-16/h6-8,11-12,14,19H,4-5,9-10,13H2,1-3H3/t19-/m0/s1. The molecule has 0 unspecified atom stereocenters. The zero-order valence-corrected chi connectivity index (χ0v) is 18.8.